The first kappa shape index (κ1) is 14.9. The fourth-order valence-corrected chi connectivity index (χ4v) is 2.09. The minimum absolute atomic E-state index is 0.299. The van der Waals surface area contributed by atoms with E-state index in [0.717, 1.165) is 16.6 Å². The lowest BCUT2D eigenvalue weighted by Gasteiger charge is -2.11. The van der Waals surface area contributed by atoms with Gasteiger partial charge in [0.1, 0.15) is 0 Å². The van der Waals surface area contributed by atoms with Gasteiger partial charge < -0.3 is 15.2 Å². The molecule has 0 radical (unpaired) electrons. The van der Waals surface area contributed by atoms with Gasteiger partial charge in [-0.25, -0.2) is 9.67 Å². The van der Waals surface area contributed by atoms with Crippen molar-refractivity contribution in [3.8, 4) is 0 Å². The molecular formula is C14H22N4O2. The molecule has 2 rings (SSSR count). The summed E-state index contributed by atoms with van der Waals surface area (Å²) in [7, 11) is 1.58. The fourth-order valence-electron chi connectivity index (χ4n) is 2.09. The quantitative estimate of drug-likeness (QED) is 0.794. The third-order valence-electron chi connectivity index (χ3n) is 3.05. The molecule has 0 spiro atoms. The van der Waals surface area contributed by atoms with Crippen LogP contribution in [0.5, 0.6) is 0 Å². The molecular weight excluding hydrogens is 256 g/mol. The molecule has 0 bridgehead atoms. The lowest BCUT2D eigenvalue weighted by Crippen LogP contribution is -2.29. The second-order valence-corrected chi connectivity index (χ2v) is 5.18. The molecule has 0 aromatic carbocycles. The predicted molar refractivity (Wildman–Crippen MR) is 77.5 cm³/mol. The van der Waals surface area contributed by atoms with E-state index in [4.69, 9.17) is 4.74 Å². The molecule has 0 aliphatic rings. The van der Waals surface area contributed by atoms with Crippen LogP contribution in [-0.2, 0) is 11.3 Å². The summed E-state index contributed by atoms with van der Waals surface area (Å²) in [5.74, 6) is 0. The Kier molecular flexibility index (Phi) is 5.05. The SMILES string of the molecule is COCC(O)CNCc1cnc2c(cnn2C(C)C)c1. The molecule has 2 heterocycles. The van der Waals surface area contributed by atoms with Crippen LogP contribution in [0.15, 0.2) is 18.5 Å². The zero-order valence-corrected chi connectivity index (χ0v) is 12.2. The van der Waals surface area contributed by atoms with Crippen LogP contribution in [0.25, 0.3) is 11.0 Å². The molecule has 0 saturated carbocycles. The maximum absolute atomic E-state index is 9.55. The highest BCUT2D eigenvalue weighted by Crippen LogP contribution is 2.16. The zero-order valence-electron chi connectivity index (χ0n) is 12.2. The van der Waals surface area contributed by atoms with Crippen LogP contribution in [-0.4, -0.2) is 46.2 Å². The molecule has 2 N–H and O–H groups in total. The van der Waals surface area contributed by atoms with E-state index in [1.165, 1.54) is 0 Å². The Morgan fingerprint density at radius 3 is 2.90 bits per heavy atom. The number of hydrogen-bond donors (Lipinski definition) is 2. The lowest BCUT2D eigenvalue weighted by molar-refractivity contribution is 0.0644. The minimum Gasteiger partial charge on any atom is -0.389 e. The van der Waals surface area contributed by atoms with E-state index in [0.29, 0.717) is 25.7 Å². The van der Waals surface area contributed by atoms with E-state index in [1.54, 1.807) is 7.11 Å². The molecule has 6 nitrogen and oxygen atoms in total. The molecule has 1 atom stereocenters. The third kappa shape index (κ3) is 3.53. The van der Waals surface area contributed by atoms with Crippen LogP contribution in [0.3, 0.4) is 0 Å². The van der Waals surface area contributed by atoms with Crippen molar-refractivity contribution in [2.24, 2.45) is 0 Å². The summed E-state index contributed by atoms with van der Waals surface area (Å²) in [4.78, 5) is 4.47. The van der Waals surface area contributed by atoms with Gasteiger partial charge in [0.25, 0.3) is 0 Å². The largest absolute Gasteiger partial charge is 0.389 e. The lowest BCUT2D eigenvalue weighted by atomic mass is 10.2. The van der Waals surface area contributed by atoms with Gasteiger partial charge in [-0.15, -0.1) is 0 Å². The first-order valence-corrected chi connectivity index (χ1v) is 6.81. The van der Waals surface area contributed by atoms with E-state index in [-0.39, 0.29) is 0 Å². The highest BCUT2D eigenvalue weighted by molar-refractivity contribution is 5.75. The van der Waals surface area contributed by atoms with Crippen molar-refractivity contribution in [2.75, 3.05) is 20.3 Å². The van der Waals surface area contributed by atoms with Gasteiger partial charge >= 0.3 is 0 Å². The van der Waals surface area contributed by atoms with Crippen molar-refractivity contribution < 1.29 is 9.84 Å². The van der Waals surface area contributed by atoms with E-state index in [1.807, 2.05) is 17.1 Å². The number of fused-ring (bicyclic) bond motifs is 1. The van der Waals surface area contributed by atoms with Gasteiger partial charge in [0.15, 0.2) is 5.65 Å². The number of ether oxygens (including phenoxy) is 1. The van der Waals surface area contributed by atoms with Crippen molar-refractivity contribution in [1.29, 1.82) is 0 Å². The van der Waals surface area contributed by atoms with Gasteiger partial charge in [-0.1, -0.05) is 0 Å². The summed E-state index contributed by atoms with van der Waals surface area (Å²) in [6.07, 6.45) is 3.20. The van der Waals surface area contributed by atoms with Gasteiger partial charge in [-0.05, 0) is 25.5 Å². The van der Waals surface area contributed by atoms with Crippen LogP contribution in [0.1, 0.15) is 25.5 Å². The van der Waals surface area contributed by atoms with Crippen molar-refractivity contribution in [3.05, 3.63) is 24.0 Å². The highest BCUT2D eigenvalue weighted by Gasteiger charge is 2.08. The molecule has 0 amide bonds. The Hall–Kier alpha value is -1.50. The molecule has 0 fully saturated rings. The normalized spacial score (nSPS) is 13.2. The van der Waals surface area contributed by atoms with Crippen LogP contribution < -0.4 is 5.32 Å². The number of rotatable bonds is 7. The van der Waals surface area contributed by atoms with Crippen molar-refractivity contribution in [2.45, 2.75) is 32.5 Å². The topological polar surface area (TPSA) is 72.2 Å². The Labute approximate surface area is 118 Å². The maximum Gasteiger partial charge on any atom is 0.157 e. The average molecular weight is 278 g/mol. The molecule has 6 heteroatoms. The number of nitrogens with one attached hydrogen (secondary N) is 1. The first-order chi connectivity index (χ1) is 9.61. The minimum atomic E-state index is -0.486. The van der Waals surface area contributed by atoms with E-state index < -0.39 is 6.10 Å². The molecule has 0 saturated heterocycles. The van der Waals surface area contributed by atoms with Crippen molar-refractivity contribution in [1.82, 2.24) is 20.1 Å². The first-order valence-electron chi connectivity index (χ1n) is 6.81. The van der Waals surface area contributed by atoms with Gasteiger partial charge in [0.05, 0.1) is 18.9 Å². The van der Waals surface area contributed by atoms with Crippen molar-refractivity contribution in [3.63, 3.8) is 0 Å². The van der Waals surface area contributed by atoms with Gasteiger partial charge in [-0.3, -0.25) is 0 Å². The number of hydrogen-bond acceptors (Lipinski definition) is 5. The monoisotopic (exact) mass is 278 g/mol. The fraction of sp³-hybridized carbons (Fsp3) is 0.571. The molecule has 110 valence electrons. The third-order valence-corrected chi connectivity index (χ3v) is 3.05. The predicted octanol–water partition coefficient (Wildman–Crippen LogP) is 1.11. The Bertz CT molecular complexity index is 553. The average Bonchev–Trinajstić information content (AvgIpc) is 2.82. The summed E-state index contributed by atoms with van der Waals surface area (Å²) in [5.41, 5.74) is 1.98. The van der Waals surface area contributed by atoms with Crippen LogP contribution >= 0.6 is 0 Å². The van der Waals surface area contributed by atoms with Crippen LogP contribution in [0, 0.1) is 0 Å². The summed E-state index contributed by atoms with van der Waals surface area (Å²) < 4.78 is 6.79. The number of pyridine rings is 1. The van der Waals surface area contributed by atoms with E-state index in [9.17, 15) is 5.11 Å². The molecule has 0 aliphatic carbocycles. The number of aromatic nitrogens is 3. The molecule has 0 aliphatic heterocycles. The second-order valence-electron chi connectivity index (χ2n) is 5.18. The van der Waals surface area contributed by atoms with Gasteiger partial charge in [0, 0.05) is 37.8 Å². The highest BCUT2D eigenvalue weighted by atomic mass is 16.5. The summed E-state index contributed by atoms with van der Waals surface area (Å²) in [6, 6.07) is 2.37. The molecule has 1 unspecified atom stereocenters. The number of methoxy groups -OCH3 is 1. The Morgan fingerprint density at radius 1 is 1.40 bits per heavy atom. The van der Waals surface area contributed by atoms with Crippen LogP contribution in [0.4, 0.5) is 0 Å². The Balaban J connectivity index is 1.98. The number of aliphatic hydroxyl groups is 1. The van der Waals surface area contributed by atoms with E-state index in [2.05, 4.69) is 35.3 Å². The van der Waals surface area contributed by atoms with Gasteiger partial charge in [0.2, 0.25) is 0 Å². The summed E-state index contributed by atoms with van der Waals surface area (Å²) in [5, 5.41) is 18.1. The van der Waals surface area contributed by atoms with Gasteiger partial charge in [-0.2, -0.15) is 5.10 Å². The van der Waals surface area contributed by atoms with Crippen molar-refractivity contribution >= 4 is 11.0 Å². The van der Waals surface area contributed by atoms with Crippen LogP contribution in [0.2, 0.25) is 0 Å². The smallest absolute Gasteiger partial charge is 0.157 e. The molecule has 2 aromatic rings. The maximum atomic E-state index is 9.55. The molecule has 20 heavy (non-hydrogen) atoms. The standard InChI is InChI=1S/C14H22N4O2/c1-10(2)18-14-12(7-17-18)4-11(6-16-14)5-15-8-13(19)9-20-3/h4,6-7,10,13,15,19H,5,8-9H2,1-3H3. The molecule has 2 aromatic heterocycles. The summed E-state index contributed by atoms with van der Waals surface area (Å²) >= 11 is 0. The zero-order chi connectivity index (χ0) is 14.5. The summed E-state index contributed by atoms with van der Waals surface area (Å²) in [6.45, 7) is 5.67. The number of aliphatic hydroxyl groups excluding tert-OH is 1. The Morgan fingerprint density at radius 2 is 2.20 bits per heavy atom. The number of nitrogens with zero attached hydrogens (tertiary/aromatic N) is 3. The second kappa shape index (κ2) is 6.78. The van der Waals surface area contributed by atoms with E-state index >= 15 is 0 Å².